The number of hydrogen-bond donors (Lipinski definition) is 1. The van der Waals surface area contributed by atoms with Crippen LogP contribution < -0.4 is 9.64 Å². The first-order chi connectivity index (χ1) is 10.4. The minimum absolute atomic E-state index is 0.0727. The van der Waals surface area contributed by atoms with Gasteiger partial charge in [0.25, 0.3) is 0 Å². The van der Waals surface area contributed by atoms with Gasteiger partial charge in [-0.1, -0.05) is 0 Å². The highest BCUT2D eigenvalue weighted by atomic mass is 19.4. The number of anilines is 1. The number of nitrogens with zero attached hydrogens (tertiary/aromatic N) is 3. The van der Waals surface area contributed by atoms with Gasteiger partial charge >= 0.3 is 6.18 Å². The van der Waals surface area contributed by atoms with E-state index in [1.54, 1.807) is 0 Å². The van der Waals surface area contributed by atoms with Crippen molar-refractivity contribution in [1.29, 1.82) is 5.26 Å². The van der Waals surface area contributed by atoms with Gasteiger partial charge in [0, 0.05) is 12.6 Å². The van der Waals surface area contributed by atoms with Gasteiger partial charge in [-0.15, -0.1) is 0 Å². The molecule has 2 aliphatic rings. The third-order valence-electron chi connectivity index (χ3n) is 4.36. The fraction of sp³-hybridized carbons (Fsp3) is 0.571. The standard InChI is InChI=1S/C14H14F3N3O2/c1-22-11-3-8(5-19-10(11)4-18)20-6-7-2-9(7)12(20)13(21)14(15,16)17/h3,5,7,9,12-13,21H,2,6H2,1H3/t7-,9?,12+,13-/m0/s1. The SMILES string of the molecule is COc1cc(N2C[C@@H]3CC3[C@@H]2[C@H](O)C(F)(F)F)cnc1C#N. The van der Waals surface area contributed by atoms with Crippen LogP contribution in [-0.4, -0.2) is 42.1 Å². The summed E-state index contributed by atoms with van der Waals surface area (Å²) < 4.78 is 43.7. The number of piperidine rings is 1. The van der Waals surface area contributed by atoms with Crippen molar-refractivity contribution in [3.05, 3.63) is 18.0 Å². The molecule has 1 aliphatic carbocycles. The molecule has 0 amide bonds. The number of aliphatic hydroxyl groups is 1. The third kappa shape index (κ3) is 2.35. The average molecular weight is 313 g/mol. The Morgan fingerprint density at radius 1 is 1.55 bits per heavy atom. The number of aliphatic hydroxyl groups excluding tert-OH is 1. The lowest BCUT2D eigenvalue weighted by molar-refractivity contribution is -0.210. The normalized spacial score (nSPS) is 28.0. The second-order valence-electron chi connectivity index (χ2n) is 5.65. The largest absolute Gasteiger partial charge is 0.494 e. The molecule has 3 rings (SSSR count). The molecule has 1 aromatic rings. The molecule has 2 fully saturated rings. The number of pyridine rings is 1. The summed E-state index contributed by atoms with van der Waals surface area (Å²) >= 11 is 0. The van der Waals surface area contributed by atoms with Crippen molar-refractivity contribution in [3.63, 3.8) is 0 Å². The molecule has 5 nitrogen and oxygen atoms in total. The number of methoxy groups -OCH3 is 1. The number of aromatic nitrogens is 1. The lowest BCUT2D eigenvalue weighted by Crippen LogP contribution is -2.49. The van der Waals surface area contributed by atoms with Crippen molar-refractivity contribution in [2.24, 2.45) is 11.8 Å². The smallest absolute Gasteiger partial charge is 0.416 e. The molecule has 1 unspecified atom stereocenters. The van der Waals surface area contributed by atoms with Crippen LogP contribution in [0.2, 0.25) is 0 Å². The van der Waals surface area contributed by atoms with E-state index in [1.807, 2.05) is 6.07 Å². The van der Waals surface area contributed by atoms with Crippen molar-refractivity contribution in [1.82, 2.24) is 4.98 Å². The molecule has 1 N–H and O–H groups in total. The first kappa shape index (κ1) is 14.9. The Bertz CT molecular complexity index is 629. The second kappa shape index (κ2) is 5.02. The Labute approximate surface area is 124 Å². The highest BCUT2D eigenvalue weighted by molar-refractivity contribution is 5.55. The van der Waals surface area contributed by atoms with E-state index >= 15 is 0 Å². The van der Waals surface area contributed by atoms with Gasteiger partial charge in [0.05, 0.1) is 25.0 Å². The lowest BCUT2D eigenvalue weighted by atomic mass is 10.1. The zero-order valence-electron chi connectivity index (χ0n) is 11.7. The molecule has 1 saturated heterocycles. The predicted octanol–water partition coefficient (Wildman–Crippen LogP) is 1.71. The summed E-state index contributed by atoms with van der Waals surface area (Å²) in [5.41, 5.74) is 0.500. The number of alkyl halides is 3. The van der Waals surface area contributed by atoms with Gasteiger partial charge in [-0.2, -0.15) is 18.4 Å². The molecule has 4 atom stereocenters. The topological polar surface area (TPSA) is 69.4 Å². The first-order valence-electron chi connectivity index (χ1n) is 6.82. The first-order valence-corrected chi connectivity index (χ1v) is 6.82. The highest BCUT2D eigenvalue weighted by Gasteiger charge is 2.60. The van der Waals surface area contributed by atoms with Crippen LogP contribution in [-0.2, 0) is 0 Å². The van der Waals surface area contributed by atoms with Crippen molar-refractivity contribution >= 4 is 5.69 Å². The molecule has 0 radical (unpaired) electrons. The Hall–Kier alpha value is -2.01. The summed E-state index contributed by atoms with van der Waals surface area (Å²) in [6, 6.07) is 2.34. The fourth-order valence-electron chi connectivity index (χ4n) is 3.21. The maximum atomic E-state index is 12.9. The van der Waals surface area contributed by atoms with Crippen LogP contribution in [0.15, 0.2) is 12.3 Å². The van der Waals surface area contributed by atoms with Gasteiger partial charge in [-0.3, -0.25) is 0 Å². The van der Waals surface area contributed by atoms with Gasteiger partial charge in [-0.25, -0.2) is 4.98 Å². The summed E-state index contributed by atoms with van der Waals surface area (Å²) in [4.78, 5) is 5.44. The summed E-state index contributed by atoms with van der Waals surface area (Å²) in [5, 5.41) is 18.6. The molecule has 1 aromatic heterocycles. The second-order valence-corrected chi connectivity index (χ2v) is 5.65. The Morgan fingerprint density at radius 2 is 2.27 bits per heavy atom. The van der Waals surface area contributed by atoms with Crippen molar-refractivity contribution in [3.8, 4) is 11.8 Å². The number of hydrogen-bond acceptors (Lipinski definition) is 5. The number of ether oxygens (including phenoxy) is 1. The maximum absolute atomic E-state index is 12.9. The molecule has 118 valence electrons. The Kier molecular flexibility index (Phi) is 3.40. The van der Waals surface area contributed by atoms with Crippen molar-refractivity contribution < 1.29 is 23.0 Å². The third-order valence-corrected chi connectivity index (χ3v) is 4.36. The average Bonchev–Trinajstić information content (AvgIpc) is 3.15. The fourth-order valence-corrected chi connectivity index (χ4v) is 3.21. The van der Waals surface area contributed by atoms with Gasteiger partial charge in [0.15, 0.2) is 17.5 Å². The van der Waals surface area contributed by atoms with Crippen LogP contribution in [0.25, 0.3) is 0 Å². The van der Waals surface area contributed by atoms with Crippen molar-refractivity contribution in [2.75, 3.05) is 18.6 Å². The molecule has 8 heteroatoms. The number of nitriles is 1. The minimum Gasteiger partial charge on any atom is -0.494 e. The van der Waals surface area contributed by atoms with Crippen LogP contribution in [0.5, 0.6) is 5.75 Å². The van der Waals surface area contributed by atoms with Gasteiger partial charge < -0.3 is 14.7 Å². The van der Waals surface area contributed by atoms with Gasteiger partial charge in [-0.05, 0) is 18.3 Å². The van der Waals surface area contributed by atoms with E-state index in [1.165, 1.54) is 24.3 Å². The van der Waals surface area contributed by atoms with E-state index in [-0.39, 0.29) is 23.3 Å². The van der Waals surface area contributed by atoms with E-state index in [2.05, 4.69) is 4.98 Å². The van der Waals surface area contributed by atoms with Gasteiger partial charge in [0.2, 0.25) is 0 Å². The zero-order chi connectivity index (χ0) is 16.1. The minimum atomic E-state index is -4.66. The van der Waals surface area contributed by atoms with Crippen LogP contribution in [0.1, 0.15) is 12.1 Å². The molecule has 2 heterocycles. The van der Waals surface area contributed by atoms with E-state index in [9.17, 15) is 18.3 Å². The molecule has 0 spiro atoms. The van der Waals surface area contributed by atoms with Crippen LogP contribution >= 0.6 is 0 Å². The van der Waals surface area contributed by atoms with E-state index < -0.39 is 18.3 Å². The molecular formula is C14H14F3N3O2. The summed E-state index contributed by atoms with van der Waals surface area (Å²) in [6.45, 7) is 0.444. The van der Waals surface area contributed by atoms with E-state index in [0.29, 0.717) is 18.7 Å². The van der Waals surface area contributed by atoms with Gasteiger partial charge in [0.1, 0.15) is 6.07 Å². The monoisotopic (exact) mass is 313 g/mol. The number of halogens is 3. The zero-order valence-corrected chi connectivity index (χ0v) is 11.7. The number of fused-ring (bicyclic) bond motifs is 1. The van der Waals surface area contributed by atoms with Crippen LogP contribution in [0.3, 0.4) is 0 Å². The molecule has 1 aliphatic heterocycles. The molecule has 1 saturated carbocycles. The Balaban J connectivity index is 1.92. The molecule has 0 aromatic carbocycles. The quantitative estimate of drug-likeness (QED) is 0.920. The summed E-state index contributed by atoms with van der Waals surface area (Å²) in [7, 11) is 1.37. The predicted molar refractivity (Wildman–Crippen MR) is 70.3 cm³/mol. The van der Waals surface area contributed by atoms with E-state index in [4.69, 9.17) is 10.00 Å². The number of rotatable bonds is 3. The maximum Gasteiger partial charge on any atom is 0.416 e. The Morgan fingerprint density at radius 3 is 2.86 bits per heavy atom. The van der Waals surface area contributed by atoms with E-state index in [0.717, 1.165) is 0 Å². The summed E-state index contributed by atoms with van der Waals surface area (Å²) in [6.07, 6.45) is -5.01. The van der Waals surface area contributed by atoms with Crippen molar-refractivity contribution in [2.45, 2.75) is 24.7 Å². The highest BCUT2D eigenvalue weighted by Crippen LogP contribution is 2.53. The summed E-state index contributed by atoms with van der Waals surface area (Å²) in [5.74, 6) is 0.225. The molecule has 22 heavy (non-hydrogen) atoms. The lowest BCUT2D eigenvalue weighted by Gasteiger charge is -2.33. The molecule has 0 bridgehead atoms. The van der Waals surface area contributed by atoms with Crippen LogP contribution in [0.4, 0.5) is 18.9 Å². The molecular weight excluding hydrogens is 299 g/mol. The van der Waals surface area contributed by atoms with Crippen LogP contribution in [0, 0.1) is 23.2 Å².